The highest BCUT2D eigenvalue weighted by atomic mass is 32.1. The number of thiazole rings is 1. The first-order valence-corrected chi connectivity index (χ1v) is 8.15. The third-order valence-corrected chi connectivity index (χ3v) is 4.22. The van der Waals surface area contributed by atoms with Gasteiger partial charge in [-0.3, -0.25) is 4.79 Å². The molecule has 0 aliphatic heterocycles. The van der Waals surface area contributed by atoms with Crippen LogP contribution in [0.5, 0.6) is 0 Å². The molecule has 1 N–H and O–H groups in total. The molecule has 1 aromatic heterocycles. The van der Waals surface area contributed by atoms with Gasteiger partial charge in [-0.15, -0.1) is 11.3 Å². The molecular weight excluding hydrogens is 288 g/mol. The van der Waals surface area contributed by atoms with Crippen LogP contribution in [-0.4, -0.2) is 30.0 Å². The predicted molar refractivity (Wildman–Crippen MR) is 83.6 cm³/mol. The van der Waals surface area contributed by atoms with Crippen molar-refractivity contribution in [3.8, 4) is 0 Å². The van der Waals surface area contributed by atoms with E-state index in [1.54, 1.807) is 12.3 Å². The Morgan fingerprint density at radius 1 is 1.29 bits per heavy atom. The van der Waals surface area contributed by atoms with Crippen LogP contribution in [0.4, 0.5) is 0 Å². The zero-order chi connectivity index (χ0) is 16.0. The maximum Gasteiger partial charge on any atom is 0.367 e. The lowest BCUT2D eigenvalue weighted by Gasteiger charge is -2.24. The summed E-state index contributed by atoms with van der Waals surface area (Å²) >= 11 is 1.13. The summed E-state index contributed by atoms with van der Waals surface area (Å²) in [5, 5.41) is 4.70. The Kier molecular flexibility index (Phi) is 6.81. The number of carbonyl (C=O) groups excluding carboxylic acids is 2. The Morgan fingerprint density at radius 2 is 1.90 bits per heavy atom. The number of esters is 1. The lowest BCUT2D eigenvalue weighted by Crippen LogP contribution is -2.34. The fraction of sp³-hybridized carbons (Fsp3) is 0.667. The minimum atomic E-state index is -0.483. The second kappa shape index (κ2) is 8.12. The second-order valence-electron chi connectivity index (χ2n) is 5.62. The van der Waals surface area contributed by atoms with Crippen LogP contribution in [-0.2, 0) is 4.74 Å². The fourth-order valence-electron chi connectivity index (χ4n) is 2.21. The number of amides is 1. The van der Waals surface area contributed by atoms with Crippen LogP contribution >= 0.6 is 11.3 Å². The standard InChI is InChI=1S/C15H24N2O3S/c1-6-20-15(19)14-17-12(8-21-14)13(18)16-7-11(9(2)3)10(4)5/h8-11H,6-7H2,1-5H3,(H,16,18). The van der Waals surface area contributed by atoms with E-state index in [0.29, 0.717) is 30.9 Å². The van der Waals surface area contributed by atoms with E-state index in [1.165, 1.54) is 0 Å². The molecule has 0 bridgehead atoms. The number of nitrogens with zero attached hydrogens (tertiary/aromatic N) is 1. The van der Waals surface area contributed by atoms with E-state index < -0.39 is 5.97 Å². The molecule has 1 heterocycles. The van der Waals surface area contributed by atoms with E-state index in [1.807, 2.05) is 0 Å². The van der Waals surface area contributed by atoms with Crippen molar-refractivity contribution in [3.05, 3.63) is 16.1 Å². The third kappa shape index (κ3) is 5.12. The molecule has 0 radical (unpaired) electrons. The monoisotopic (exact) mass is 312 g/mol. The Labute approximate surface area is 130 Å². The van der Waals surface area contributed by atoms with Gasteiger partial charge in [-0.05, 0) is 24.7 Å². The summed E-state index contributed by atoms with van der Waals surface area (Å²) in [6, 6.07) is 0. The minimum Gasteiger partial charge on any atom is -0.461 e. The van der Waals surface area contributed by atoms with Gasteiger partial charge in [0.25, 0.3) is 5.91 Å². The zero-order valence-electron chi connectivity index (χ0n) is 13.3. The van der Waals surface area contributed by atoms with Gasteiger partial charge in [0.05, 0.1) is 6.61 Å². The molecular formula is C15H24N2O3S. The van der Waals surface area contributed by atoms with Gasteiger partial charge in [0.15, 0.2) is 0 Å². The molecule has 0 saturated heterocycles. The molecule has 1 amide bonds. The van der Waals surface area contributed by atoms with E-state index in [9.17, 15) is 9.59 Å². The summed E-state index contributed by atoms with van der Waals surface area (Å²) in [4.78, 5) is 27.6. The minimum absolute atomic E-state index is 0.214. The molecule has 6 heteroatoms. The lowest BCUT2D eigenvalue weighted by atomic mass is 9.85. The Morgan fingerprint density at radius 3 is 2.43 bits per heavy atom. The smallest absolute Gasteiger partial charge is 0.367 e. The van der Waals surface area contributed by atoms with Gasteiger partial charge >= 0.3 is 5.97 Å². The molecule has 118 valence electrons. The van der Waals surface area contributed by atoms with Crippen molar-refractivity contribution in [2.45, 2.75) is 34.6 Å². The molecule has 5 nitrogen and oxygen atoms in total. The summed E-state index contributed by atoms with van der Waals surface area (Å²) in [7, 11) is 0. The third-order valence-electron chi connectivity index (χ3n) is 3.40. The molecule has 21 heavy (non-hydrogen) atoms. The van der Waals surface area contributed by atoms with Gasteiger partial charge in [0.1, 0.15) is 5.69 Å². The van der Waals surface area contributed by atoms with Crippen molar-refractivity contribution >= 4 is 23.2 Å². The van der Waals surface area contributed by atoms with Crippen molar-refractivity contribution in [1.82, 2.24) is 10.3 Å². The van der Waals surface area contributed by atoms with Gasteiger partial charge < -0.3 is 10.1 Å². The number of aromatic nitrogens is 1. The van der Waals surface area contributed by atoms with Crippen molar-refractivity contribution in [1.29, 1.82) is 0 Å². The molecule has 0 aliphatic rings. The van der Waals surface area contributed by atoms with E-state index in [-0.39, 0.29) is 16.6 Å². The quantitative estimate of drug-likeness (QED) is 0.786. The van der Waals surface area contributed by atoms with E-state index in [0.717, 1.165) is 11.3 Å². The maximum absolute atomic E-state index is 12.1. The Hall–Kier alpha value is -1.43. The van der Waals surface area contributed by atoms with Crippen LogP contribution in [0.25, 0.3) is 0 Å². The number of hydrogen-bond donors (Lipinski definition) is 1. The molecule has 0 atom stereocenters. The molecule has 0 aromatic carbocycles. The van der Waals surface area contributed by atoms with Gasteiger partial charge in [0.2, 0.25) is 5.01 Å². The van der Waals surface area contributed by atoms with E-state index >= 15 is 0 Å². The van der Waals surface area contributed by atoms with Crippen molar-refractivity contribution < 1.29 is 14.3 Å². The first-order valence-electron chi connectivity index (χ1n) is 7.27. The summed E-state index contributed by atoms with van der Waals surface area (Å²) in [5.74, 6) is 0.681. The average molecular weight is 312 g/mol. The fourth-order valence-corrected chi connectivity index (χ4v) is 2.90. The van der Waals surface area contributed by atoms with Gasteiger partial charge in [-0.1, -0.05) is 27.7 Å². The number of ether oxygens (including phenoxy) is 1. The van der Waals surface area contributed by atoms with E-state index in [4.69, 9.17) is 4.74 Å². The highest BCUT2D eigenvalue weighted by molar-refractivity contribution is 7.11. The predicted octanol–water partition coefficient (Wildman–Crippen LogP) is 2.98. The largest absolute Gasteiger partial charge is 0.461 e. The number of rotatable bonds is 7. The number of hydrogen-bond acceptors (Lipinski definition) is 5. The summed E-state index contributed by atoms with van der Waals surface area (Å²) in [6.45, 7) is 11.2. The average Bonchev–Trinajstić information content (AvgIpc) is 2.87. The van der Waals surface area contributed by atoms with Crippen LogP contribution in [0.15, 0.2) is 5.38 Å². The highest BCUT2D eigenvalue weighted by Crippen LogP contribution is 2.19. The molecule has 0 spiro atoms. The van der Waals surface area contributed by atoms with Gasteiger partial charge in [-0.25, -0.2) is 9.78 Å². The van der Waals surface area contributed by atoms with Gasteiger partial charge in [-0.2, -0.15) is 0 Å². The van der Waals surface area contributed by atoms with Crippen LogP contribution < -0.4 is 5.32 Å². The number of nitrogens with one attached hydrogen (secondary N) is 1. The molecule has 0 aliphatic carbocycles. The molecule has 1 aromatic rings. The van der Waals surface area contributed by atoms with Crippen LogP contribution in [0.1, 0.15) is 54.9 Å². The maximum atomic E-state index is 12.1. The lowest BCUT2D eigenvalue weighted by molar-refractivity contribution is 0.0526. The molecule has 0 saturated carbocycles. The summed E-state index contributed by atoms with van der Waals surface area (Å²) in [6.07, 6.45) is 0. The normalized spacial score (nSPS) is 11.2. The molecule has 1 rings (SSSR count). The van der Waals surface area contributed by atoms with Crippen LogP contribution in [0.2, 0.25) is 0 Å². The number of carbonyl (C=O) groups is 2. The summed E-state index contributed by atoms with van der Waals surface area (Å²) in [5.41, 5.74) is 0.273. The van der Waals surface area contributed by atoms with Crippen LogP contribution in [0.3, 0.4) is 0 Å². The Balaban J connectivity index is 2.62. The molecule has 0 unspecified atom stereocenters. The topological polar surface area (TPSA) is 68.3 Å². The van der Waals surface area contributed by atoms with Crippen molar-refractivity contribution in [2.75, 3.05) is 13.2 Å². The first-order chi connectivity index (χ1) is 9.86. The summed E-state index contributed by atoms with van der Waals surface area (Å²) < 4.78 is 4.86. The Bertz CT molecular complexity index is 475. The highest BCUT2D eigenvalue weighted by Gasteiger charge is 2.20. The zero-order valence-corrected chi connectivity index (χ0v) is 14.1. The van der Waals surface area contributed by atoms with Crippen LogP contribution in [0, 0.1) is 17.8 Å². The molecule has 0 fully saturated rings. The van der Waals surface area contributed by atoms with Crippen molar-refractivity contribution in [2.24, 2.45) is 17.8 Å². The van der Waals surface area contributed by atoms with Gasteiger partial charge in [0, 0.05) is 11.9 Å². The second-order valence-corrected chi connectivity index (χ2v) is 6.48. The first kappa shape index (κ1) is 17.6. The SMILES string of the molecule is CCOC(=O)c1nc(C(=O)NCC(C(C)C)C(C)C)cs1. The van der Waals surface area contributed by atoms with Crippen molar-refractivity contribution in [3.63, 3.8) is 0 Å². The van der Waals surface area contributed by atoms with E-state index in [2.05, 4.69) is 38.0 Å².